The molecule has 0 radical (unpaired) electrons. The first kappa shape index (κ1) is 16.7. The van der Waals surface area contributed by atoms with Gasteiger partial charge in [0.05, 0.1) is 24.9 Å². The Balaban J connectivity index is 1.71. The number of hydrogen-bond acceptors (Lipinski definition) is 5. The van der Waals surface area contributed by atoms with Gasteiger partial charge in [0, 0.05) is 25.0 Å². The first-order valence-electron chi connectivity index (χ1n) is 7.81. The SMILES string of the molecule is COC(=O)c1ccccc1N(C)C(=O)CN1CCc2sccc2C1. The van der Waals surface area contributed by atoms with Crippen LogP contribution in [-0.2, 0) is 22.5 Å². The molecule has 1 aromatic heterocycles. The fraction of sp³-hybridized carbons (Fsp3) is 0.333. The summed E-state index contributed by atoms with van der Waals surface area (Å²) in [6.07, 6.45) is 0.989. The second kappa shape index (κ2) is 7.15. The van der Waals surface area contributed by atoms with Crippen molar-refractivity contribution in [3.05, 3.63) is 51.7 Å². The maximum atomic E-state index is 12.7. The number of thiophene rings is 1. The lowest BCUT2D eigenvalue weighted by Crippen LogP contribution is -2.40. The molecule has 0 aliphatic carbocycles. The summed E-state index contributed by atoms with van der Waals surface area (Å²) >= 11 is 1.78. The zero-order valence-electron chi connectivity index (χ0n) is 13.8. The summed E-state index contributed by atoms with van der Waals surface area (Å²) in [7, 11) is 3.04. The van der Waals surface area contributed by atoms with Crippen molar-refractivity contribution in [3.8, 4) is 0 Å². The Kier molecular flexibility index (Phi) is 4.97. The standard InChI is InChI=1S/C18H20N2O3S/c1-19(15-6-4-3-5-14(15)18(22)23-2)17(21)12-20-9-7-16-13(11-20)8-10-24-16/h3-6,8,10H,7,9,11-12H2,1-2H3. The topological polar surface area (TPSA) is 49.9 Å². The zero-order chi connectivity index (χ0) is 17.1. The molecule has 0 spiro atoms. The average molecular weight is 344 g/mol. The summed E-state index contributed by atoms with van der Waals surface area (Å²) in [6.45, 7) is 2.02. The molecular weight excluding hydrogens is 324 g/mol. The molecule has 0 saturated heterocycles. The molecule has 0 saturated carbocycles. The molecule has 0 N–H and O–H groups in total. The number of amides is 1. The highest BCUT2D eigenvalue weighted by Gasteiger charge is 2.23. The van der Waals surface area contributed by atoms with Gasteiger partial charge in [0.2, 0.25) is 5.91 Å². The quantitative estimate of drug-likeness (QED) is 0.800. The van der Waals surface area contributed by atoms with Crippen molar-refractivity contribution in [2.45, 2.75) is 13.0 Å². The fourth-order valence-corrected chi connectivity index (χ4v) is 3.81. The summed E-state index contributed by atoms with van der Waals surface area (Å²) in [6, 6.07) is 9.13. The second-order valence-electron chi connectivity index (χ2n) is 5.79. The smallest absolute Gasteiger partial charge is 0.339 e. The summed E-state index contributed by atoms with van der Waals surface area (Å²) in [5.74, 6) is -0.476. The van der Waals surface area contributed by atoms with Gasteiger partial charge in [-0.15, -0.1) is 11.3 Å². The number of carbonyl (C=O) groups excluding carboxylic acids is 2. The lowest BCUT2D eigenvalue weighted by atomic mass is 10.1. The molecule has 24 heavy (non-hydrogen) atoms. The van der Waals surface area contributed by atoms with Gasteiger partial charge in [0.15, 0.2) is 0 Å². The molecule has 1 aromatic carbocycles. The number of para-hydroxylation sites is 1. The molecule has 0 unspecified atom stereocenters. The number of nitrogens with zero attached hydrogens (tertiary/aromatic N) is 2. The van der Waals surface area contributed by atoms with Crippen molar-refractivity contribution in [2.24, 2.45) is 0 Å². The van der Waals surface area contributed by atoms with Gasteiger partial charge in [-0.2, -0.15) is 0 Å². The van der Waals surface area contributed by atoms with E-state index in [4.69, 9.17) is 4.74 Å². The van der Waals surface area contributed by atoms with Crippen molar-refractivity contribution in [3.63, 3.8) is 0 Å². The third kappa shape index (κ3) is 3.34. The van der Waals surface area contributed by atoms with E-state index in [0.29, 0.717) is 17.8 Å². The Labute approximate surface area is 145 Å². The molecule has 1 aliphatic heterocycles. The fourth-order valence-electron chi connectivity index (χ4n) is 2.92. The van der Waals surface area contributed by atoms with Crippen molar-refractivity contribution >= 4 is 28.9 Å². The number of esters is 1. The van der Waals surface area contributed by atoms with Gasteiger partial charge in [0.25, 0.3) is 0 Å². The maximum absolute atomic E-state index is 12.7. The van der Waals surface area contributed by atoms with E-state index in [2.05, 4.69) is 16.3 Å². The number of hydrogen-bond donors (Lipinski definition) is 0. The van der Waals surface area contributed by atoms with Crippen molar-refractivity contribution in [1.29, 1.82) is 0 Å². The number of rotatable bonds is 4. The van der Waals surface area contributed by atoms with Crippen LogP contribution >= 0.6 is 11.3 Å². The minimum absolute atomic E-state index is 0.0370. The van der Waals surface area contributed by atoms with E-state index >= 15 is 0 Å². The molecule has 5 nitrogen and oxygen atoms in total. The van der Waals surface area contributed by atoms with Crippen LogP contribution in [0.25, 0.3) is 0 Å². The van der Waals surface area contributed by atoms with E-state index in [-0.39, 0.29) is 5.91 Å². The third-order valence-electron chi connectivity index (χ3n) is 4.29. The maximum Gasteiger partial charge on any atom is 0.339 e. The van der Waals surface area contributed by atoms with Crippen LogP contribution in [0.4, 0.5) is 5.69 Å². The highest BCUT2D eigenvalue weighted by molar-refractivity contribution is 7.10. The van der Waals surface area contributed by atoms with Gasteiger partial charge in [0.1, 0.15) is 0 Å². The van der Waals surface area contributed by atoms with Gasteiger partial charge >= 0.3 is 5.97 Å². The molecule has 1 amide bonds. The lowest BCUT2D eigenvalue weighted by Gasteiger charge is -2.28. The van der Waals surface area contributed by atoms with Gasteiger partial charge < -0.3 is 9.64 Å². The molecule has 2 heterocycles. The van der Waals surface area contributed by atoms with Gasteiger partial charge in [-0.25, -0.2) is 4.79 Å². The Morgan fingerprint density at radius 1 is 1.29 bits per heavy atom. The lowest BCUT2D eigenvalue weighted by molar-refractivity contribution is -0.119. The molecule has 1 aliphatic rings. The number of ether oxygens (including phenoxy) is 1. The molecule has 0 fully saturated rings. The van der Waals surface area contributed by atoms with Gasteiger partial charge in [-0.1, -0.05) is 12.1 Å². The number of likely N-dealkylation sites (N-methyl/N-ethyl adjacent to an activating group) is 1. The molecule has 0 atom stereocenters. The van der Waals surface area contributed by atoms with Gasteiger partial charge in [-0.3, -0.25) is 9.69 Å². The number of methoxy groups -OCH3 is 1. The summed E-state index contributed by atoms with van der Waals surface area (Å²) in [5, 5.41) is 2.11. The first-order chi connectivity index (χ1) is 11.6. The number of anilines is 1. The first-order valence-corrected chi connectivity index (χ1v) is 8.69. The highest BCUT2D eigenvalue weighted by Crippen LogP contribution is 2.25. The van der Waals surface area contributed by atoms with Crippen molar-refractivity contribution in [1.82, 2.24) is 4.90 Å². The van der Waals surface area contributed by atoms with Crippen LogP contribution < -0.4 is 4.90 Å². The van der Waals surface area contributed by atoms with Crippen LogP contribution in [0.2, 0.25) is 0 Å². The van der Waals surface area contributed by atoms with Crippen LogP contribution in [-0.4, -0.2) is 44.0 Å². The Morgan fingerprint density at radius 3 is 2.88 bits per heavy atom. The molecule has 3 rings (SSSR count). The zero-order valence-corrected chi connectivity index (χ0v) is 14.6. The van der Waals surface area contributed by atoms with Crippen LogP contribution in [0.15, 0.2) is 35.7 Å². The predicted octanol–water partition coefficient (Wildman–Crippen LogP) is 2.56. The molecule has 0 bridgehead atoms. The number of carbonyl (C=O) groups is 2. The minimum atomic E-state index is -0.439. The van der Waals surface area contributed by atoms with Crippen LogP contribution in [0, 0.1) is 0 Å². The normalized spacial score (nSPS) is 14.1. The van der Waals surface area contributed by atoms with Crippen molar-refractivity contribution in [2.75, 3.05) is 32.1 Å². The van der Waals surface area contributed by atoms with E-state index in [0.717, 1.165) is 19.5 Å². The molecule has 2 aromatic rings. The largest absolute Gasteiger partial charge is 0.465 e. The second-order valence-corrected chi connectivity index (χ2v) is 6.79. The van der Waals surface area contributed by atoms with Crippen molar-refractivity contribution < 1.29 is 14.3 Å². The Bertz CT molecular complexity index is 756. The van der Waals surface area contributed by atoms with Gasteiger partial charge in [-0.05, 0) is 35.6 Å². The monoisotopic (exact) mass is 344 g/mol. The number of fused-ring (bicyclic) bond motifs is 1. The Hall–Kier alpha value is -2.18. The predicted molar refractivity (Wildman–Crippen MR) is 94.5 cm³/mol. The van der Waals surface area contributed by atoms with E-state index in [1.165, 1.54) is 22.5 Å². The molecule has 6 heteroatoms. The molecular formula is C18H20N2O3S. The van der Waals surface area contributed by atoms with Crippen LogP contribution in [0.5, 0.6) is 0 Å². The van der Waals surface area contributed by atoms with E-state index in [1.54, 1.807) is 36.6 Å². The number of benzene rings is 1. The van der Waals surface area contributed by atoms with E-state index < -0.39 is 5.97 Å². The van der Waals surface area contributed by atoms with Crippen LogP contribution in [0.3, 0.4) is 0 Å². The van der Waals surface area contributed by atoms with E-state index in [1.807, 2.05) is 6.07 Å². The summed E-state index contributed by atoms with van der Waals surface area (Å²) in [5.41, 5.74) is 2.29. The highest BCUT2D eigenvalue weighted by atomic mass is 32.1. The molecule has 126 valence electrons. The van der Waals surface area contributed by atoms with E-state index in [9.17, 15) is 9.59 Å². The summed E-state index contributed by atoms with van der Waals surface area (Å²) < 4.78 is 4.80. The Morgan fingerprint density at radius 2 is 2.08 bits per heavy atom. The van der Waals surface area contributed by atoms with Crippen LogP contribution in [0.1, 0.15) is 20.8 Å². The average Bonchev–Trinajstić information content (AvgIpc) is 3.08. The summed E-state index contributed by atoms with van der Waals surface area (Å²) in [4.78, 5) is 29.7. The third-order valence-corrected chi connectivity index (χ3v) is 5.31. The minimum Gasteiger partial charge on any atom is -0.465 e.